The van der Waals surface area contributed by atoms with Crippen molar-refractivity contribution in [3.05, 3.63) is 82.9 Å². The Morgan fingerprint density at radius 1 is 0.786 bits per heavy atom. The Kier molecular flexibility index (Phi) is 14.7. The van der Waals surface area contributed by atoms with Crippen molar-refractivity contribution in [2.24, 2.45) is 0 Å². The second kappa shape index (κ2) is 20.0. The fourth-order valence-corrected chi connectivity index (χ4v) is 6.53. The highest BCUT2D eigenvalue weighted by atomic mass is 16.5. The van der Waals surface area contributed by atoms with Crippen LogP contribution in [0.2, 0.25) is 0 Å². The normalized spacial score (nSPS) is 14.9. The summed E-state index contributed by atoms with van der Waals surface area (Å²) >= 11 is 0. The summed E-state index contributed by atoms with van der Waals surface area (Å²) in [5.41, 5.74) is 2.97. The number of unbranched alkanes of at least 4 members (excludes halogenated alkanes) is 1. The molecule has 296 valence electrons. The molecule has 3 aromatic carbocycles. The highest BCUT2D eigenvalue weighted by Crippen LogP contribution is 2.33. The number of fused-ring (bicyclic) bond motifs is 1. The van der Waals surface area contributed by atoms with E-state index >= 15 is 0 Å². The van der Waals surface area contributed by atoms with Gasteiger partial charge in [-0.1, -0.05) is 24.3 Å². The largest absolute Gasteiger partial charge is 0.493 e. The van der Waals surface area contributed by atoms with Gasteiger partial charge in [-0.2, -0.15) is 0 Å². The minimum Gasteiger partial charge on any atom is -0.493 e. The molecule has 0 saturated carbocycles. The number of piperidine rings is 1. The minimum absolute atomic E-state index is 0.00478. The zero-order valence-electron chi connectivity index (χ0n) is 31.6. The Morgan fingerprint density at radius 3 is 2.30 bits per heavy atom. The molecule has 1 atom stereocenters. The van der Waals surface area contributed by atoms with Gasteiger partial charge in [-0.25, -0.2) is 0 Å². The molecular weight excluding hydrogens is 722 g/mol. The number of ether oxygens (including phenoxy) is 3. The van der Waals surface area contributed by atoms with E-state index in [9.17, 15) is 33.6 Å². The standard InChI is InChI=1S/C41H47N5O10/c1-54-32-17-14-27(23-34(32)55-2)9-5-8-26-10-6-11-28(22-26)44-35(48)18-15-29(47)24-42-20-3-4-21-43-37(50)25-56-33-13-7-12-30-38(33)41(53)46(40(30)52)31-16-19-36(49)45-39(31)51/h6-7,10-14,17,22-23,31,42H,3-5,8-9,15-16,18-21,24-25H2,1-2H3,(H,43,50)(H,44,48)(H,45,49,51). The first-order valence-corrected chi connectivity index (χ1v) is 18.6. The van der Waals surface area contributed by atoms with E-state index in [1.54, 1.807) is 14.2 Å². The molecule has 1 fully saturated rings. The van der Waals surface area contributed by atoms with Crippen LogP contribution in [0, 0.1) is 0 Å². The fourth-order valence-electron chi connectivity index (χ4n) is 6.53. The molecule has 6 amide bonds. The predicted molar refractivity (Wildman–Crippen MR) is 205 cm³/mol. The van der Waals surface area contributed by atoms with Crippen LogP contribution in [0.3, 0.4) is 0 Å². The Bertz CT molecular complexity index is 1960. The van der Waals surface area contributed by atoms with E-state index in [0.717, 1.165) is 35.3 Å². The number of amides is 6. The molecule has 0 bridgehead atoms. The lowest BCUT2D eigenvalue weighted by atomic mass is 10.0. The van der Waals surface area contributed by atoms with E-state index in [1.807, 2.05) is 42.5 Å². The van der Waals surface area contributed by atoms with Crippen LogP contribution in [0.1, 0.15) is 76.8 Å². The van der Waals surface area contributed by atoms with E-state index in [0.29, 0.717) is 43.1 Å². The third kappa shape index (κ3) is 11.0. The lowest BCUT2D eigenvalue weighted by molar-refractivity contribution is -0.136. The second-order valence-electron chi connectivity index (χ2n) is 13.5. The number of aryl methyl sites for hydroxylation is 2. The highest BCUT2D eigenvalue weighted by molar-refractivity contribution is 6.24. The van der Waals surface area contributed by atoms with E-state index in [1.165, 1.54) is 18.2 Å². The SMILES string of the molecule is COc1ccc(CCCc2cccc(NC(=O)CCC(=O)CNCCCCNC(=O)COc3cccc4c3C(=O)N(C3CCC(=O)NC3=O)C4=O)c2)cc1OC. The number of methoxy groups -OCH3 is 2. The number of ketones is 1. The summed E-state index contributed by atoms with van der Waals surface area (Å²) in [6.07, 6.45) is 4.14. The maximum atomic E-state index is 13.2. The summed E-state index contributed by atoms with van der Waals surface area (Å²) in [5, 5.41) is 10.8. The molecule has 1 saturated heterocycles. The number of nitrogens with one attached hydrogen (secondary N) is 4. The third-order valence-corrected chi connectivity index (χ3v) is 9.43. The zero-order chi connectivity index (χ0) is 40.0. The van der Waals surface area contributed by atoms with Crippen LogP contribution in [-0.2, 0) is 36.8 Å². The molecule has 0 aliphatic carbocycles. The molecule has 0 radical (unpaired) electrons. The van der Waals surface area contributed by atoms with Crippen LogP contribution in [-0.4, -0.2) is 92.6 Å². The van der Waals surface area contributed by atoms with Gasteiger partial charge in [-0.05, 0) is 92.6 Å². The lowest BCUT2D eigenvalue weighted by Crippen LogP contribution is -2.54. The number of hydrogen-bond acceptors (Lipinski definition) is 11. The molecule has 5 rings (SSSR count). The van der Waals surface area contributed by atoms with Gasteiger partial charge in [0, 0.05) is 31.5 Å². The average Bonchev–Trinajstić information content (AvgIpc) is 3.44. The summed E-state index contributed by atoms with van der Waals surface area (Å²) in [6, 6.07) is 16.9. The van der Waals surface area contributed by atoms with Gasteiger partial charge >= 0.3 is 0 Å². The van der Waals surface area contributed by atoms with Crippen LogP contribution in [0.4, 0.5) is 5.69 Å². The van der Waals surface area contributed by atoms with Crippen molar-refractivity contribution in [3.63, 3.8) is 0 Å². The molecular formula is C41H47N5O10. The maximum absolute atomic E-state index is 13.2. The van der Waals surface area contributed by atoms with Crippen molar-refractivity contribution in [1.29, 1.82) is 0 Å². The molecule has 1 unspecified atom stereocenters. The Hall–Kier alpha value is -6.09. The Balaban J connectivity index is 0.918. The second-order valence-corrected chi connectivity index (χ2v) is 13.5. The van der Waals surface area contributed by atoms with Gasteiger partial charge in [-0.15, -0.1) is 0 Å². The Morgan fingerprint density at radius 2 is 1.54 bits per heavy atom. The highest BCUT2D eigenvalue weighted by Gasteiger charge is 2.46. The van der Waals surface area contributed by atoms with E-state index in [-0.39, 0.29) is 60.8 Å². The first-order valence-electron chi connectivity index (χ1n) is 18.6. The summed E-state index contributed by atoms with van der Waals surface area (Å²) in [4.78, 5) is 88.2. The van der Waals surface area contributed by atoms with Crippen molar-refractivity contribution in [2.45, 2.75) is 63.8 Å². The summed E-state index contributed by atoms with van der Waals surface area (Å²) in [6.45, 7) is 0.625. The Labute approximate surface area is 324 Å². The minimum atomic E-state index is -1.11. The van der Waals surface area contributed by atoms with E-state index in [2.05, 4.69) is 21.3 Å². The number of anilines is 1. The van der Waals surface area contributed by atoms with Gasteiger partial charge < -0.3 is 30.2 Å². The maximum Gasteiger partial charge on any atom is 0.266 e. The van der Waals surface area contributed by atoms with Crippen LogP contribution in [0.5, 0.6) is 17.2 Å². The number of carbonyl (C=O) groups excluding carboxylic acids is 7. The van der Waals surface area contributed by atoms with Crippen LogP contribution >= 0.6 is 0 Å². The molecule has 2 heterocycles. The number of benzene rings is 3. The van der Waals surface area contributed by atoms with Crippen molar-refractivity contribution < 1.29 is 47.8 Å². The topological polar surface area (TPSA) is 199 Å². The summed E-state index contributed by atoms with van der Waals surface area (Å²) in [7, 11) is 3.23. The fraction of sp³-hybridized carbons (Fsp3) is 0.390. The number of hydrogen-bond donors (Lipinski definition) is 4. The number of carbonyl (C=O) groups is 7. The molecule has 2 aliphatic rings. The van der Waals surface area contributed by atoms with Gasteiger partial charge in [0.15, 0.2) is 18.1 Å². The average molecular weight is 770 g/mol. The van der Waals surface area contributed by atoms with Crippen molar-refractivity contribution in [3.8, 4) is 17.2 Å². The van der Waals surface area contributed by atoms with Gasteiger partial charge in [0.05, 0.1) is 31.9 Å². The first kappa shape index (κ1) is 41.1. The van der Waals surface area contributed by atoms with Gasteiger partial charge in [0.25, 0.3) is 17.7 Å². The first-order chi connectivity index (χ1) is 27.1. The van der Waals surface area contributed by atoms with Crippen molar-refractivity contribution >= 4 is 46.9 Å². The monoisotopic (exact) mass is 769 g/mol. The molecule has 15 heteroatoms. The number of rotatable bonds is 21. The number of Topliss-reactive ketones (excluding diaryl/α,β-unsaturated/α-hetero) is 1. The lowest BCUT2D eigenvalue weighted by Gasteiger charge is -2.27. The van der Waals surface area contributed by atoms with Crippen LogP contribution < -0.4 is 35.5 Å². The van der Waals surface area contributed by atoms with Crippen LogP contribution in [0.25, 0.3) is 0 Å². The molecule has 0 aromatic heterocycles. The predicted octanol–water partition coefficient (Wildman–Crippen LogP) is 3.13. The van der Waals surface area contributed by atoms with Gasteiger partial charge in [0.2, 0.25) is 17.7 Å². The molecule has 56 heavy (non-hydrogen) atoms. The number of imide groups is 2. The molecule has 15 nitrogen and oxygen atoms in total. The van der Waals surface area contributed by atoms with Gasteiger partial charge in [0.1, 0.15) is 17.6 Å². The molecule has 2 aliphatic heterocycles. The smallest absolute Gasteiger partial charge is 0.266 e. The summed E-state index contributed by atoms with van der Waals surface area (Å²) in [5.74, 6) is -1.87. The molecule has 0 spiro atoms. The van der Waals surface area contributed by atoms with E-state index in [4.69, 9.17) is 14.2 Å². The molecule has 4 N–H and O–H groups in total. The summed E-state index contributed by atoms with van der Waals surface area (Å²) < 4.78 is 16.3. The van der Waals surface area contributed by atoms with Crippen LogP contribution in [0.15, 0.2) is 60.7 Å². The zero-order valence-corrected chi connectivity index (χ0v) is 31.6. The third-order valence-electron chi connectivity index (χ3n) is 9.43. The quantitative estimate of drug-likeness (QED) is 0.0918. The van der Waals surface area contributed by atoms with E-state index < -0.39 is 42.2 Å². The van der Waals surface area contributed by atoms with Crippen molar-refractivity contribution in [1.82, 2.24) is 20.9 Å². The molecule has 3 aromatic rings. The number of nitrogens with zero attached hydrogens (tertiary/aromatic N) is 1. The van der Waals surface area contributed by atoms with Crippen molar-refractivity contribution in [2.75, 3.05) is 45.8 Å². The van der Waals surface area contributed by atoms with Gasteiger partial charge in [-0.3, -0.25) is 43.8 Å².